The van der Waals surface area contributed by atoms with E-state index in [1.54, 1.807) is 6.07 Å². The lowest BCUT2D eigenvalue weighted by Gasteiger charge is -2.25. The highest BCUT2D eigenvalue weighted by molar-refractivity contribution is 7.92. The van der Waals surface area contributed by atoms with Crippen molar-refractivity contribution in [3.8, 4) is 0 Å². The third-order valence-corrected chi connectivity index (χ3v) is 7.55. The quantitative estimate of drug-likeness (QED) is 0.499. The zero-order valence-electron chi connectivity index (χ0n) is 20.1. The van der Waals surface area contributed by atoms with Crippen LogP contribution >= 0.6 is 0 Å². The van der Waals surface area contributed by atoms with Gasteiger partial charge in [-0.15, -0.1) is 0 Å². The predicted octanol–water partition coefficient (Wildman–Crippen LogP) is 2.21. The van der Waals surface area contributed by atoms with Crippen molar-refractivity contribution >= 4 is 27.6 Å². The number of benzene rings is 1. The maximum absolute atomic E-state index is 13.5. The van der Waals surface area contributed by atoms with Gasteiger partial charge in [0.2, 0.25) is 10.0 Å². The van der Waals surface area contributed by atoms with Crippen molar-refractivity contribution in [3.05, 3.63) is 53.6 Å². The summed E-state index contributed by atoms with van der Waals surface area (Å²) in [7, 11) is -0.327. The molecule has 1 aliphatic carbocycles. The minimum Gasteiger partial charge on any atom is -0.359 e. The van der Waals surface area contributed by atoms with Gasteiger partial charge in [-0.25, -0.2) is 17.8 Å². The Morgan fingerprint density at radius 1 is 1.24 bits per heavy atom. The van der Waals surface area contributed by atoms with Gasteiger partial charge in [-0.1, -0.05) is 37.3 Å². The molecule has 1 saturated carbocycles. The standard InChI is InChI=1S/C24H34FN5O3S/c1-16-10-19(16)15-29(2)22-12-18(13-23(28-22)30(3)34(4,32)33)24(31)27-21(20(26)14-25)11-17-8-6-5-7-9-17/h5-9,12-13,16,19-21H,10-11,14-15,26H2,1-4H3,(H,27,31)/t16?,19?,20?,21-/m0/s1. The van der Waals surface area contributed by atoms with Gasteiger partial charge < -0.3 is 16.0 Å². The minimum atomic E-state index is -3.59. The summed E-state index contributed by atoms with van der Waals surface area (Å²) in [5, 5.41) is 2.85. The van der Waals surface area contributed by atoms with E-state index < -0.39 is 34.7 Å². The lowest BCUT2D eigenvalue weighted by atomic mass is 10.00. The Morgan fingerprint density at radius 2 is 1.85 bits per heavy atom. The monoisotopic (exact) mass is 491 g/mol. The van der Waals surface area contributed by atoms with Gasteiger partial charge >= 0.3 is 0 Å². The molecule has 1 fully saturated rings. The number of rotatable bonds is 11. The van der Waals surface area contributed by atoms with Gasteiger partial charge in [-0.3, -0.25) is 9.10 Å². The highest BCUT2D eigenvalue weighted by atomic mass is 32.2. The first-order chi connectivity index (χ1) is 16.0. The van der Waals surface area contributed by atoms with Gasteiger partial charge in [0, 0.05) is 26.2 Å². The average molecular weight is 492 g/mol. The molecule has 34 heavy (non-hydrogen) atoms. The molecule has 1 aliphatic rings. The molecule has 3 N–H and O–H groups in total. The summed E-state index contributed by atoms with van der Waals surface area (Å²) in [6, 6.07) is 10.9. The molecule has 0 spiro atoms. The molecule has 3 unspecified atom stereocenters. The molecule has 0 radical (unpaired) electrons. The largest absolute Gasteiger partial charge is 0.359 e. The number of aromatic nitrogens is 1. The molecule has 4 atom stereocenters. The van der Waals surface area contributed by atoms with Crippen molar-refractivity contribution in [3.63, 3.8) is 0 Å². The number of hydrogen-bond donors (Lipinski definition) is 2. The van der Waals surface area contributed by atoms with Crippen LogP contribution in [0.25, 0.3) is 0 Å². The molecule has 0 saturated heterocycles. The van der Waals surface area contributed by atoms with Crippen LogP contribution in [0.5, 0.6) is 0 Å². The molecule has 1 heterocycles. The average Bonchev–Trinajstić information content (AvgIpc) is 3.51. The van der Waals surface area contributed by atoms with Crippen LogP contribution in [0, 0.1) is 11.8 Å². The van der Waals surface area contributed by atoms with E-state index >= 15 is 0 Å². The summed E-state index contributed by atoms with van der Waals surface area (Å²) in [5.41, 5.74) is 7.13. The van der Waals surface area contributed by atoms with E-state index in [9.17, 15) is 17.6 Å². The molecule has 1 aromatic carbocycles. The Labute approximate surface area is 201 Å². The first-order valence-corrected chi connectivity index (χ1v) is 13.2. The lowest BCUT2D eigenvalue weighted by Crippen LogP contribution is -2.50. The van der Waals surface area contributed by atoms with E-state index in [-0.39, 0.29) is 11.4 Å². The van der Waals surface area contributed by atoms with E-state index in [4.69, 9.17) is 5.73 Å². The fourth-order valence-electron chi connectivity index (χ4n) is 3.80. The molecule has 0 aliphatic heterocycles. The van der Waals surface area contributed by atoms with Gasteiger partial charge in [0.1, 0.15) is 18.3 Å². The predicted molar refractivity (Wildman–Crippen MR) is 133 cm³/mol. The molecule has 3 rings (SSSR count). The number of alkyl halides is 1. The smallest absolute Gasteiger partial charge is 0.251 e. The molecule has 1 aromatic heterocycles. The van der Waals surface area contributed by atoms with E-state index in [0.717, 1.165) is 29.1 Å². The van der Waals surface area contributed by atoms with Gasteiger partial charge in [0.15, 0.2) is 0 Å². The van der Waals surface area contributed by atoms with Gasteiger partial charge in [0.05, 0.1) is 18.3 Å². The summed E-state index contributed by atoms with van der Waals surface area (Å²) in [5.74, 6) is 1.33. The van der Waals surface area contributed by atoms with E-state index in [1.807, 2.05) is 42.3 Å². The Kier molecular flexibility index (Phi) is 8.14. The number of nitrogens with one attached hydrogen (secondary N) is 1. The number of halogens is 1. The normalized spacial score (nSPS) is 19.2. The molecule has 2 aromatic rings. The van der Waals surface area contributed by atoms with Crippen LogP contribution in [0.15, 0.2) is 42.5 Å². The van der Waals surface area contributed by atoms with Crippen molar-refractivity contribution in [1.29, 1.82) is 0 Å². The number of hydrogen-bond acceptors (Lipinski definition) is 6. The summed E-state index contributed by atoms with van der Waals surface area (Å²) < 4.78 is 38.8. The first-order valence-electron chi connectivity index (χ1n) is 11.3. The Hall–Kier alpha value is -2.72. The molecule has 1 amide bonds. The molecular formula is C24H34FN5O3S. The summed E-state index contributed by atoms with van der Waals surface area (Å²) in [4.78, 5) is 19.7. The number of sulfonamides is 1. The Balaban J connectivity index is 1.89. The third kappa shape index (κ3) is 6.66. The molecule has 8 nitrogen and oxygen atoms in total. The number of nitrogens with zero attached hydrogens (tertiary/aromatic N) is 3. The van der Waals surface area contributed by atoms with Crippen molar-refractivity contribution in [1.82, 2.24) is 10.3 Å². The highest BCUT2D eigenvalue weighted by Crippen LogP contribution is 2.38. The molecule has 10 heteroatoms. The van der Waals surface area contributed by atoms with Gasteiger partial charge in [-0.2, -0.15) is 0 Å². The third-order valence-electron chi connectivity index (χ3n) is 6.37. The maximum Gasteiger partial charge on any atom is 0.251 e. The number of amides is 1. The number of nitrogens with two attached hydrogens (primary N) is 1. The second-order valence-corrected chi connectivity index (χ2v) is 11.3. The zero-order valence-corrected chi connectivity index (χ0v) is 20.9. The van der Waals surface area contributed by atoms with Crippen LogP contribution in [0.2, 0.25) is 0 Å². The minimum absolute atomic E-state index is 0.134. The van der Waals surface area contributed by atoms with Gasteiger partial charge in [-0.05, 0) is 42.4 Å². The van der Waals surface area contributed by atoms with Crippen LogP contribution in [0.4, 0.5) is 16.0 Å². The summed E-state index contributed by atoms with van der Waals surface area (Å²) >= 11 is 0. The second-order valence-electron chi connectivity index (χ2n) is 9.24. The van der Waals surface area contributed by atoms with Crippen molar-refractivity contribution < 1.29 is 17.6 Å². The van der Waals surface area contributed by atoms with Crippen LogP contribution in [0.1, 0.15) is 29.3 Å². The van der Waals surface area contributed by atoms with Crippen LogP contribution in [0.3, 0.4) is 0 Å². The SMILES string of the molecule is CC1CC1CN(C)c1cc(C(=O)N[C@@H](Cc2ccccc2)C(N)CF)cc(N(C)S(C)(=O)=O)n1. The zero-order chi connectivity index (χ0) is 25.0. The van der Waals surface area contributed by atoms with Crippen LogP contribution < -0.4 is 20.3 Å². The van der Waals surface area contributed by atoms with Crippen LogP contribution in [-0.4, -0.2) is 65.0 Å². The molecule has 186 valence electrons. The second kappa shape index (κ2) is 10.7. The maximum atomic E-state index is 13.5. The Bertz CT molecular complexity index is 1100. The fourth-order valence-corrected chi connectivity index (χ4v) is 4.23. The number of pyridine rings is 1. The highest BCUT2D eigenvalue weighted by Gasteiger charge is 2.34. The first kappa shape index (κ1) is 25.9. The van der Waals surface area contributed by atoms with Crippen LogP contribution in [-0.2, 0) is 16.4 Å². The summed E-state index contributed by atoms with van der Waals surface area (Å²) in [6.07, 6.45) is 2.57. The fraction of sp³-hybridized carbons (Fsp3) is 0.500. The van der Waals surface area contributed by atoms with E-state index in [0.29, 0.717) is 24.1 Å². The Morgan fingerprint density at radius 3 is 2.41 bits per heavy atom. The molecular weight excluding hydrogens is 457 g/mol. The van der Waals surface area contributed by atoms with Crippen molar-refractivity contribution in [2.45, 2.75) is 31.8 Å². The number of anilines is 2. The van der Waals surface area contributed by atoms with E-state index in [1.165, 1.54) is 13.1 Å². The van der Waals surface area contributed by atoms with Crippen molar-refractivity contribution in [2.75, 3.05) is 42.8 Å². The summed E-state index contributed by atoms with van der Waals surface area (Å²) in [6.45, 7) is 2.15. The number of carbonyl (C=O) groups is 1. The number of carbonyl (C=O) groups excluding carboxylic acids is 1. The topological polar surface area (TPSA) is 109 Å². The van der Waals surface area contributed by atoms with E-state index in [2.05, 4.69) is 17.2 Å². The lowest BCUT2D eigenvalue weighted by molar-refractivity contribution is 0.0928. The van der Waals surface area contributed by atoms with Gasteiger partial charge in [0.25, 0.3) is 5.91 Å². The van der Waals surface area contributed by atoms with Crippen molar-refractivity contribution in [2.24, 2.45) is 17.6 Å². The molecule has 0 bridgehead atoms.